The zero-order chi connectivity index (χ0) is 14.8. The standard InChI is InChI=1S/C17H21N3O/c1-13-8-9-16(19(13)2)17(21)20-11-10-18-15(12-20)14-6-4-3-5-7-14/h3-9,15,18H,10-12H2,1-2H3/t15-/m1/s1. The lowest BCUT2D eigenvalue weighted by Crippen LogP contribution is -2.48. The number of nitrogens with zero attached hydrogens (tertiary/aromatic N) is 2. The molecule has 21 heavy (non-hydrogen) atoms. The fraction of sp³-hybridized carbons (Fsp3) is 0.353. The van der Waals surface area contributed by atoms with Crippen LogP contribution in [0.15, 0.2) is 42.5 Å². The molecular weight excluding hydrogens is 262 g/mol. The highest BCUT2D eigenvalue weighted by molar-refractivity contribution is 5.93. The summed E-state index contributed by atoms with van der Waals surface area (Å²) in [5, 5.41) is 3.49. The van der Waals surface area contributed by atoms with Crippen LogP contribution in [0.5, 0.6) is 0 Å². The number of benzene rings is 1. The average Bonchev–Trinajstić information content (AvgIpc) is 2.87. The van der Waals surface area contributed by atoms with Gasteiger partial charge in [0.25, 0.3) is 5.91 Å². The Morgan fingerprint density at radius 2 is 1.95 bits per heavy atom. The second kappa shape index (κ2) is 5.74. The quantitative estimate of drug-likeness (QED) is 0.916. The summed E-state index contributed by atoms with van der Waals surface area (Å²) in [6, 6.07) is 14.4. The fourth-order valence-electron chi connectivity index (χ4n) is 2.83. The molecule has 4 heteroatoms. The molecule has 2 heterocycles. The molecule has 0 saturated carbocycles. The fourth-order valence-corrected chi connectivity index (χ4v) is 2.83. The molecule has 1 amide bonds. The number of hydrogen-bond donors (Lipinski definition) is 1. The molecule has 1 aromatic heterocycles. The van der Waals surface area contributed by atoms with Gasteiger partial charge in [-0.05, 0) is 24.6 Å². The molecule has 1 aromatic carbocycles. The van der Waals surface area contributed by atoms with Gasteiger partial charge in [-0.2, -0.15) is 0 Å². The third-order valence-corrected chi connectivity index (χ3v) is 4.26. The van der Waals surface area contributed by atoms with Crippen LogP contribution in [0.1, 0.15) is 27.8 Å². The SMILES string of the molecule is Cc1ccc(C(=O)N2CCN[C@@H](c3ccccc3)C2)n1C. The van der Waals surface area contributed by atoms with Crippen molar-refractivity contribution in [2.45, 2.75) is 13.0 Å². The van der Waals surface area contributed by atoms with Crippen LogP contribution >= 0.6 is 0 Å². The molecule has 3 rings (SSSR count). The summed E-state index contributed by atoms with van der Waals surface area (Å²) in [7, 11) is 1.94. The highest BCUT2D eigenvalue weighted by Crippen LogP contribution is 2.19. The van der Waals surface area contributed by atoms with E-state index in [-0.39, 0.29) is 11.9 Å². The van der Waals surface area contributed by atoms with Crippen LogP contribution in [-0.2, 0) is 7.05 Å². The van der Waals surface area contributed by atoms with Gasteiger partial charge < -0.3 is 14.8 Å². The zero-order valence-corrected chi connectivity index (χ0v) is 12.5. The van der Waals surface area contributed by atoms with Crippen LogP contribution in [0.3, 0.4) is 0 Å². The summed E-state index contributed by atoms with van der Waals surface area (Å²) < 4.78 is 1.96. The first-order valence-corrected chi connectivity index (χ1v) is 7.37. The number of carbonyl (C=O) groups is 1. The van der Waals surface area contributed by atoms with Crippen molar-refractivity contribution in [3.8, 4) is 0 Å². The maximum atomic E-state index is 12.7. The van der Waals surface area contributed by atoms with Crippen molar-refractivity contribution in [3.05, 3.63) is 59.4 Å². The Hall–Kier alpha value is -2.07. The van der Waals surface area contributed by atoms with Crippen LogP contribution in [-0.4, -0.2) is 35.0 Å². The number of piperazine rings is 1. The summed E-state index contributed by atoms with van der Waals surface area (Å²) in [6.45, 7) is 4.31. The summed E-state index contributed by atoms with van der Waals surface area (Å²) in [5.74, 6) is 0.119. The minimum absolute atomic E-state index is 0.119. The lowest BCUT2D eigenvalue weighted by molar-refractivity contribution is 0.0693. The Labute approximate surface area is 125 Å². The molecular formula is C17H21N3O. The monoisotopic (exact) mass is 283 g/mol. The molecule has 0 bridgehead atoms. The van der Waals surface area contributed by atoms with Crippen molar-refractivity contribution in [2.75, 3.05) is 19.6 Å². The molecule has 0 spiro atoms. The molecule has 1 aliphatic rings. The van der Waals surface area contributed by atoms with Gasteiger partial charge in [-0.3, -0.25) is 4.79 Å². The lowest BCUT2D eigenvalue weighted by Gasteiger charge is -2.34. The number of nitrogens with one attached hydrogen (secondary N) is 1. The topological polar surface area (TPSA) is 37.3 Å². The summed E-state index contributed by atoms with van der Waals surface area (Å²) >= 11 is 0. The van der Waals surface area contributed by atoms with Gasteiger partial charge in [0.05, 0.1) is 0 Å². The molecule has 1 atom stereocenters. The zero-order valence-electron chi connectivity index (χ0n) is 12.5. The van der Waals surface area contributed by atoms with E-state index < -0.39 is 0 Å². The second-order valence-corrected chi connectivity index (χ2v) is 5.59. The van der Waals surface area contributed by atoms with Crippen molar-refractivity contribution < 1.29 is 4.79 Å². The van der Waals surface area contributed by atoms with E-state index in [4.69, 9.17) is 0 Å². The molecule has 4 nitrogen and oxygen atoms in total. The van der Waals surface area contributed by atoms with E-state index >= 15 is 0 Å². The third kappa shape index (κ3) is 2.72. The highest BCUT2D eigenvalue weighted by Gasteiger charge is 2.26. The number of rotatable bonds is 2. The Morgan fingerprint density at radius 1 is 1.19 bits per heavy atom. The molecule has 1 fully saturated rings. The smallest absolute Gasteiger partial charge is 0.270 e. The summed E-state index contributed by atoms with van der Waals surface area (Å²) in [5.41, 5.74) is 3.10. The molecule has 110 valence electrons. The predicted octanol–water partition coefficient (Wildman–Crippen LogP) is 2.12. The van der Waals surface area contributed by atoms with E-state index in [2.05, 4.69) is 17.4 Å². The normalized spacial score (nSPS) is 18.8. The largest absolute Gasteiger partial charge is 0.344 e. The van der Waals surface area contributed by atoms with Gasteiger partial charge in [-0.15, -0.1) is 0 Å². The van der Waals surface area contributed by atoms with E-state index in [1.165, 1.54) is 5.56 Å². The average molecular weight is 283 g/mol. The van der Waals surface area contributed by atoms with Gasteiger partial charge in [-0.1, -0.05) is 30.3 Å². The molecule has 0 unspecified atom stereocenters. The van der Waals surface area contributed by atoms with Crippen molar-refractivity contribution in [1.29, 1.82) is 0 Å². The van der Waals surface area contributed by atoms with Crippen molar-refractivity contribution in [1.82, 2.24) is 14.8 Å². The predicted molar refractivity (Wildman–Crippen MR) is 83.2 cm³/mol. The first-order chi connectivity index (χ1) is 10.2. The number of amides is 1. The minimum Gasteiger partial charge on any atom is -0.344 e. The minimum atomic E-state index is 0.119. The summed E-state index contributed by atoms with van der Waals surface area (Å²) in [6.07, 6.45) is 0. The molecule has 1 N–H and O–H groups in total. The Morgan fingerprint density at radius 3 is 2.62 bits per heavy atom. The Kier molecular flexibility index (Phi) is 3.80. The highest BCUT2D eigenvalue weighted by atomic mass is 16.2. The van der Waals surface area contributed by atoms with Gasteiger partial charge in [0.1, 0.15) is 5.69 Å². The van der Waals surface area contributed by atoms with Gasteiger partial charge in [-0.25, -0.2) is 0 Å². The van der Waals surface area contributed by atoms with E-state index in [1.807, 2.05) is 53.8 Å². The van der Waals surface area contributed by atoms with Crippen LogP contribution < -0.4 is 5.32 Å². The van der Waals surface area contributed by atoms with Crippen LogP contribution in [0, 0.1) is 6.92 Å². The van der Waals surface area contributed by atoms with Gasteiger partial charge in [0.15, 0.2) is 0 Å². The number of aryl methyl sites for hydroxylation is 1. The number of aromatic nitrogens is 1. The second-order valence-electron chi connectivity index (χ2n) is 5.59. The van der Waals surface area contributed by atoms with Crippen LogP contribution in [0.2, 0.25) is 0 Å². The first-order valence-electron chi connectivity index (χ1n) is 7.37. The number of carbonyl (C=O) groups excluding carboxylic acids is 1. The van der Waals surface area contributed by atoms with Crippen molar-refractivity contribution in [3.63, 3.8) is 0 Å². The molecule has 1 aliphatic heterocycles. The summed E-state index contributed by atoms with van der Waals surface area (Å²) in [4.78, 5) is 14.6. The lowest BCUT2D eigenvalue weighted by atomic mass is 10.0. The Balaban J connectivity index is 1.77. The van der Waals surface area contributed by atoms with Crippen molar-refractivity contribution in [2.24, 2.45) is 7.05 Å². The molecule has 0 aliphatic carbocycles. The molecule has 2 aromatic rings. The van der Waals surface area contributed by atoms with Crippen LogP contribution in [0.4, 0.5) is 0 Å². The first kappa shape index (κ1) is 13.9. The van der Waals surface area contributed by atoms with E-state index in [1.54, 1.807) is 0 Å². The van der Waals surface area contributed by atoms with E-state index in [0.717, 1.165) is 24.5 Å². The van der Waals surface area contributed by atoms with Crippen LogP contribution in [0.25, 0.3) is 0 Å². The van der Waals surface area contributed by atoms with Gasteiger partial charge in [0.2, 0.25) is 0 Å². The molecule has 0 radical (unpaired) electrons. The van der Waals surface area contributed by atoms with Gasteiger partial charge in [0, 0.05) is 38.4 Å². The number of hydrogen-bond acceptors (Lipinski definition) is 2. The maximum Gasteiger partial charge on any atom is 0.270 e. The Bertz CT molecular complexity index is 633. The van der Waals surface area contributed by atoms with Crippen molar-refractivity contribution >= 4 is 5.91 Å². The van der Waals surface area contributed by atoms with Gasteiger partial charge >= 0.3 is 0 Å². The maximum absolute atomic E-state index is 12.7. The molecule has 1 saturated heterocycles. The van der Waals surface area contributed by atoms with E-state index in [0.29, 0.717) is 6.54 Å². The third-order valence-electron chi connectivity index (χ3n) is 4.26. The van der Waals surface area contributed by atoms with E-state index in [9.17, 15) is 4.79 Å².